The fraction of sp³-hybridized carbons (Fsp3) is 0.484. The van der Waals surface area contributed by atoms with Crippen molar-refractivity contribution in [1.29, 1.82) is 5.26 Å². The second-order valence-corrected chi connectivity index (χ2v) is 11.4. The number of rotatable bonds is 8. The normalized spacial score (nSPS) is 26.6. The van der Waals surface area contributed by atoms with Crippen LogP contribution < -0.4 is 20.1 Å². The molecule has 2 aromatic carbocycles. The van der Waals surface area contributed by atoms with Crippen LogP contribution in [0.4, 0.5) is 10.1 Å². The Kier molecular flexibility index (Phi) is 8.15. The van der Waals surface area contributed by atoms with Crippen LogP contribution in [0.1, 0.15) is 66.4 Å². The molecule has 0 aliphatic heterocycles. The van der Waals surface area contributed by atoms with Gasteiger partial charge in [-0.1, -0.05) is 6.07 Å². The Morgan fingerprint density at radius 1 is 1.02 bits per heavy atom. The van der Waals surface area contributed by atoms with E-state index in [0.717, 1.165) is 30.9 Å². The highest BCUT2D eigenvalue weighted by molar-refractivity contribution is 5.99. The summed E-state index contributed by atoms with van der Waals surface area (Å²) in [7, 11) is 1.35. The van der Waals surface area contributed by atoms with Crippen LogP contribution in [0.15, 0.2) is 30.3 Å². The predicted octanol–water partition coefficient (Wildman–Crippen LogP) is 4.82. The van der Waals surface area contributed by atoms with Crippen LogP contribution in [0, 0.1) is 47.7 Å². The SMILES string of the molecule is COc1cc(F)c(OC2CCC(C(=O)O)CC2)cc1C(=O)N[C@@H]1[C@H]2CC[C@H](C2)[C@@H]1C(=O)Nc1ccc(C)c(C#N)c1. The summed E-state index contributed by atoms with van der Waals surface area (Å²) in [5.74, 6) is -2.86. The first-order valence-electron chi connectivity index (χ1n) is 14.1. The molecule has 41 heavy (non-hydrogen) atoms. The number of carbonyl (C=O) groups is 3. The Morgan fingerprint density at radius 2 is 1.76 bits per heavy atom. The number of hydrogen-bond donors (Lipinski definition) is 3. The monoisotopic (exact) mass is 563 g/mol. The molecule has 10 heteroatoms. The summed E-state index contributed by atoms with van der Waals surface area (Å²) in [5, 5.41) is 24.6. The molecule has 3 fully saturated rings. The summed E-state index contributed by atoms with van der Waals surface area (Å²) in [4.78, 5) is 38.3. The second kappa shape index (κ2) is 11.8. The smallest absolute Gasteiger partial charge is 0.306 e. The minimum atomic E-state index is -0.837. The molecule has 4 atom stereocenters. The average Bonchev–Trinajstić information content (AvgIpc) is 3.57. The summed E-state index contributed by atoms with van der Waals surface area (Å²) in [5.41, 5.74) is 1.93. The third kappa shape index (κ3) is 5.85. The van der Waals surface area contributed by atoms with Crippen molar-refractivity contribution in [3.05, 3.63) is 52.8 Å². The number of aryl methyl sites for hydroxylation is 1. The summed E-state index contributed by atoms with van der Waals surface area (Å²) in [6, 6.07) is 9.34. The minimum absolute atomic E-state index is 0.0507. The van der Waals surface area contributed by atoms with Crippen molar-refractivity contribution in [1.82, 2.24) is 5.32 Å². The third-order valence-electron chi connectivity index (χ3n) is 8.96. The first-order chi connectivity index (χ1) is 19.7. The van der Waals surface area contributed by atoms with Gasteiger partial charge in [0.1, 0.15) is 5.75 Å². The number of carbonyl (C=O) groups excluding carboxylic acids is 2. The number of nitriles is 1. The molecule has 0 heterocycles. The third-order valence-corrected chi connectivity index (χ3v) is 8.96. The minimum Gasteiger partial charge on any atom is -0.496 e. The summed E-state index contributed by atoms with van der Waals surface area (Å²) in [6.07, 6.45) is 4.11. The number of benzene rings is 2. The van der Waals surface area contributed by atoms with Gasteiger partial charge in [-0.2, -0.15) is 5.26 Å². The molecule has 0 saturated heterocycles. The topological polar surface area (TPSA) is 138 Å². The van der Waals surface area contributed by atoms with Crippen molar-refractivity contribution < 1.29 is 33.4 Å². The molecule has 0 radical (unpaired) electrons. The molecule has 0 aromatic heterocycles. The lowest BCUT2D eigenvalue weighted by Crippen LogP contribution is -2.48. The molecule has 2 aromatic rings. The van der Waals surface area contributed by atoms with Gasteiger partial charge in [0.05, 0.1) is 42.2 Å². The first kappa shape index (κ1) is 28.4. The van der Waals surface area contributed by atoms with Crippen molar-refractivity contribution in [2.24, 2.45) is 23.7 Å². The van der Waals surface area contributed by atoms with Gasteiger partial charge < -0.3 is 25.2 Å². The molecule has 9 nitrogen and oxygen atoms in total. The van der Waals surface area contributed by atoms with Crippen LogP contribution in [0.5, 0.6) is 11.5 Å². The zero-order chi connectivity index (χ0) is 29.3. The fourth-order valence-corrected chi connectivity index (χ4v) is 6.73. The van der Waals surface area contributed by atoms with Crippen LogP contribution in [0.25, 0.3) is 0 Å². The van der Waals surface area contributed by atoms with E-state index < -0.39 is 35.6 Å². The van der Waals surface area contributed by atoms with Crippen LogP contribution >= 0.6 is 0 Å². The highest BCUT2D eigenvalue weighted by Gasteiger charge is 2.51. The maximum atomic E-state index is 14.9. The molecule has 3 aliphatic rings. The highest BCUT2D eigenvalue weighted by Crippen LogP contribution is 2.49. The number of fused-ring (bicyclic) bond motifs is 2. The van der Waals surface area contributed by atoms with Gasteiger partial charge in [-0.25, -0.2) is 4.39 Å². The average molecular weight is 564 g/mol. The number of ether oxygens (including phenoxy) is 2. The molecule has 2 amide bonds. The number of anilines is 1. The Balaban J connectivity index is 1.32. The number of nitrogens with one attached hydrogen (secondary N) is 2. The number of carboxylic acid groups (broad SMARTS) is 1. The van der Waals surface area contributed by atoms with Crippen molar-refractivity contribution >= 4 is 23.5 Å². The van der Waals surface area contributed by atoms with Gasteiger partial charge in [0, 0.05) is 17.8 Å². The summed E-state index contributed by atoms with van der Waals surface area (Å²) in [6.45, 7) is 1.83. The lowest BCUT2D eigenvalue weighted by atomic mass is 9.83. The zero-order valence-electron chi connectivity index (χ0n) is 23.1. The molecule has 0 spiro atoms. The van der Waals surface area contributed by atoms with E-state index >= 15 is 0 Å². The van der Waals surface area contributed by atoms with E-state index in [4.69, 9.17) is 9.47 Å². The van der Waals surface area contributed by atoms with Gasteiger partial charge >= 0.3 is 5.97 Å². The standard InChI is InChI=1S/C31H34FN3O6/c1-16-3-8-21(12-20(16)15-33)34-30(37)27-18-4-5-19(11-18)28(27)35-29(36)23-13-26(24(32)14-25(23)40-2)41-22-9-6-17(7-10-22)31(38)39/h3,8,12-14,17-19,22,27-28H,4-7,9-11H2,1-2H3,(H,34,37)(H,35,36)(H,38,39)/t17?,18-,19+,22?,27+,28-/m1/s1. The lowest BCUT2D eigenvalue weighted by Gasteiger charge is -2.31. The largest absolute Gasteiger partial charge is 0.496 e. The van der Waals surface area contributed by atoms with Gasteiger partial charge in [-0.05, 0) is 87.5 Å². The number of carboxylic acids is 1. The van der Waals surface area contributed by atoms with Gasteiger partial charge in [-0.3, -0.25) is 14.4 Å². The lowest BCUT2D eigenvalue weighted by molar-refractivity contribution is -0.143. The van der Waals surface area contributed by atoms with E-state index in [1.54, 1.807) is 18.2 Å². The summed E-state index contributed by atoms with van der Waals surface area (Å²) >= 11 is 0. The number of halogens is 1. The van der Waals surface area contributed by atoms with Crippen molar-refractivity contribution in [3.8, 4) is 17.6 Å². The summed E-state index contributed by atoms with van der Waals surface area (Å²) < 4.78 is 26.1. The second-order valence-electron chi connectivity index (χ2n) is 11.4. The fourth-order valence-electron chi connectivity index (χ4n) is 6.73. The number of hydrogen-bond acceptors (Lipinski definition) is 6. The van der Waals surface area contributed by atoms with Gasteiger partial charge in [0.25, 0.3) is 5.91 Å². The van der Waals surface area contributed by atoms with Gasteiger partial charge in [0.2, 0.25) is 5.91 Å². The van der Waals surface area contributed by atoms with Gasteiger partial charge in [0.15, 0.2) is 11.6 Å². The molecule has 3 saturated carbocycles. The number of amides is 2. The number of aliphatic carboxylic acids is 1. The molecular formula is C31H34FN3O6. The first-order valence-corrected chi connectivity index (χ1v) is 14.1. The van der Waals surface area contributed by atoms with E-state index in [2.05, 4.69) is 16.7 Å². The maximum Gasteiger partial charge on any atom is 0.306 e. The molecule has 3 aliphatic carbocycles. The van der Waals surface area contributed by atoms with E-state index in [1.165, 1.54) is 13.2 Å². The van der Waals surface area contributed by atoms with Crippen molar-refractivity contribution in [3.63, 3.8) is 0 Å². The highest BCUT2D eigenvalue weighted by atomic mass is 19.1. The van der Waals surface area contributed by atoms with Crippen LogP contribution in [-0.4, -0.2) is 42.1 Å². The Bertz CT molecular complexity index is 1400. The van der Waals surface area contributed by atoms with E-state index in [1.807, 2.05) is 6.92 Å². The predicted molar refractivity (Wildman–Crippen MR) is 147 cm³/mol. The molecular weight excluding hydrogens is 529 g/mol. The van der Waals surface area contributed by atoms with Crippen molar-refractivity contribution in [2.45, 2.75) is 64.0 Å². The molecule has 0 unspecified atom stereocenters. The number of methoxy groups -OCH3 is 1. The molecule has 216 valence electrons. The zero-order valence-corrected chi connectivity index (χ0v) is 23.1. The van der Waals surface area contributed by atoms with E-state index in [-0.39, 0.29) is 40.9 Å². The Labute approximate surface area is 238 Å². The maximum absolute atomic E-state index is 14.9. The number of nitrogens with zero attached hydrogens (tertiary/aromatic N) is 1. The Hall–Kier alpha value is -4.13. The molecule has 5 rings (SSSR count). The van der Waals surface area contributed by atoms with E-state index in [9.17, 15) is 29.1 Å². The van der Waals surface area contributed by atoms with Crippen LogP contribution in [0.2, 0.25) is 0 Å². The van der Waals surface area contributed by atoms with Crippen molar-refractivity contribution in [2.75, 3.05) is 12.4 Å². The van der Waals surface area contributed by atoms with Gasteiger partial charge in [-0.15, -0.1) is 0 Å². The van der Waals surface area contributed by atoms with Crippen LogP contribution in [-0.2, 0) is 9.59 Å². The quantitative estimate of drug-likeness (QED) is 0.419. The Morgan fingerprint density at radius 3 is 2.44 bits per heavy atom. The molecule has 2 bridgehead atoms. The van der Waals surface area contributed by atoms with Crippen LogP contribution in [0.3, 0.4) is 0 Å². The van der Waals surface area contributed by atoms with E-state index in [0.29, 0.717) is 36.9 Å². The molecule has 3 N–H and O–H groups in total.